The van der Waals surface area contributed by atoms with Gasteiger partial charge in [-0.05, 0) is 0 Å². The molecular formula is C9H11N5O2S. The van der Waals surface area contributed by atoms with Crippen molar-refractivity contribution in [1.82, 2.24) is 25.5 Å². The molecule has 2 rings (SSSR count). The van der Waals surface area contributed by atoms with Crippen LogP contribution < -0.4 is 11.0 Å². The smallest absolute Gasteiger partial charge is 0.340 e. The minimum Gasteiger partial charge on any atom is -0.355 e. The predicted molar refractivity (Wildman–Crippen MR) is 61.7 cm³/mol. The maximum absolute atomic E-state index is 11.5. The minimum atomic E-state index is -0.337. The molecule has 0 unspecified atom stereocenters. The molecule has 8 heteroatoms. The Labute approximate surface area is 100 Å². The number of nitrogens with one attached hydrogen (secondary N) is 3. The predicted octanol–water partition coefficient (Wildman–Crippen LogP) is -0.544. The van der Waals surface area contributed by atoms with E-state index in [0.717, 1.165) is 4.88 Å². The van der Waals surface area contributed by atoms with Gasteiger partial charge in [0, 0.05) is 24.0 Å². The first kappa shape index (κ1) is 11.5. The molecule has 2 aromatic heterocycles. The lowest BCUT2D eigenvalue weighted by Crippen LogP contribution is -2.27. The molecule has 0 aliphatic carbocycles. The number of rotatable bonds is 5. The van der Waals surface area contributed by atoms with Crippen molar-refractivity contribution in [3.63, 3.8) is 0 Å². The van der Waals surface area contributed by atoms with Gasteiger partial charge in [-0.1, -0.05) is 0 Å². The van der Waals surface area contributed by atoms with Crippen LogP contribution in [0.15, 0.2) is 16.5 Å². The molecule has 2 heterocycles. The molecule has 0 aliphatic rings. The van der Waals surface area contributed by atoms with Crippen LogP contribution in [0.3, 0.4) is 0 Å². The van der Waals surface area contributed by atoms with E-state index in [9.17, 15) is 9.59 Å². The Hall–Kier alpha value is -1.96. The van der Waals surface area contributed by atoms with E-state index in [-0.39, 0.29) is 11.6 Å². The first-order valence-electron chi connectivity index (χ1n) is 5.01. The lowest BCUT2D eigenvalue weighted by Gasteiger charge is -2.01. The third kappa shape index (κ3) is 3.52. The molecule has 0 aromatic carbocycles. The summed E-state index contributed by atoms with van der Waals surface area (Å²) >= 11 is 1.45. The number of nitrogens with zero attached hydrogens (tertiary/aromatic N) is 2. The Bertz CT molecular complexity index is 530. The van der Waals surface area contributed by atoms with Crippen LogP contribution in [0.4, 0.5) is 0 Å². The Balaban J connectivity index is 1.71. The second-order valence-electron chi connectivity index (χ2n) is 3.37. The van der Waals surface area contributed by atoms with E-state index in [4.69, 9.17) is 0 Å². The molecule has 0 saturated carbocycles. The summed E-state index contributed by atoms with van der Waals surface area (Å²) < 4.78 is 0. The summed E-state index contributed by atoms with van der Waals surface area (Å²) in [6.07, 6.45) is 2.50. The molecule has 0 bridgehead atoms. The molecule has 0 aliphatic heterocycles. The largest absolute Gasteiger partial charge is 0.355 e. The molecule has 0 fully saturated rings. The summed E-state index contributed by atoms with van der Waals surface area (Å²) in [5, 5.41) is 8.74. The van der Waals surface area contributed by atoms with Gasteiger partial charge in [0.2, 0.25) is 5.91 Å². The van der Waals surface area contributed by atoms with Crippen LogP contribution in [-0.4, -0.2) is 32.6 Å². The quantitative estimate of drug-likeness (QED) is 0.665. The number of amides is 1. The van der Waals surface area contributed by atoms with Gasteiger partial charge < -0.3 is 5.32 Å². The fraction of sp³-hybridized carbons (Fsp3) is 0.333. The lowest BCUT2D eigenvalue weighted by atomic mass is 10.3. The van der Waals surface area contributed by atoms with Crippen LogP contribution in [0.2, 0.25) is 0 Å². The molecule has 0 radical (unpaired) electrons. The molecule has 17 heavy (non-hydrogen) atoms. The van der Waals surface area contributed by atoms with Crippen molar-refractivity contribution in [3.05, 3.63) is 32.9 Å². The van der Waals surface area contributed by atoms with E-state index in [0.29, 0.717) is 25.2 Å². The van der Waals surface area contributed by atoms with E-state index < -0.39 is 0 Å². The van der Waals surface area contributed by atoms with Gasteiger partial charge in [0.1, 0.15) is 5.82 Å². The average Bonchev–Trinajstić information content (AvgIpc) is 2.90. The summed E-state index contributed by atoms with van der Waals surface area (Å²) in [4.78, 5) is 29.5. The van der Waals surface area contributed by atoms with Crippen LogP contribution in [0.5, 0.6) is 0 Å². The molecule has 3 N–H and O–H groups in total. The maximum Gasteiger partial charge on any atom is 0.340 e. The average molecular weight is 253 g/mol. The summed E-state index contributed by atoms with van der Waals surface area (Å²) in [6, 6.07) is 0. The Morgan fingerprint density at radius 2 is 2.41 bits per heavy atom. The van der Waals surface area contributed by atoms with Crippen molar-refractivity contribution in [2.75, 3.05) is 6.54 Å². The second-order valence-corrected chi connectivity index (χ2v) is 4.34. The summed E-state index contributed by atoms with van der Waals surface area (Å²) in [6.45, 7) is 0.443. The summed E-state index contributed by atoms with van der Waals surface area (Å²) in [5.41, 5.74) is 1.35. The zero-order valence-corrected chi connectivity index (χ0v) is 9.71. The van der Waals surface area contributed by atoms with Crippen LogP contribution >= 0.6 is 11.3 Å². The van der Waals surface area contributed by atoms with Crippen LogP contribution in [0, 0.1) is 0 Å². The van der Waals surface area contributed by atoms with Crippen LogP contribution in [0.1, 0.15) is 10.7 Å². The highest BCUT2D eigenvalue weighted by atomic mass is 32.1. The van der Waals surface area contributed by atoms with Crippen LogP contribution in [0.25, 0.3) is 0 Å². The first-order valence-corrected chi connectivity index (χ1v) is 5.89. The SMILES string of the molecule is O=C(Cc1cncs1)NCCc1n[nH]c(=O)[nH]1. The second kappa shape index (κ2) is 5.39. The Morgan fingerprint density at radius 1 is 1.53 bits per heavy atom. The normalized spacial score (nSPS) is 10.4. The third-order valence-electron chi connectivity index (χ3n) is 2.05. The molecule has 0 spiro atoms. The van der Waals surface area contributed by atoms with Gasteiger partial charge in [0.25, 0.3) is 0 Å². The van der Waals surface area contributed by atoms with Crippen molar-refractivity contribution in [2.45, 2.75) is 12.8 Å². The van der Waals surface area contributed by atoms with E-state index in [1.54, 1.807) is 11.7 Å². The molecule has 90 valence electrons. The van der Waals surface area contributed by atoms with Crippen molar-refractivity contribution >= 4 is 17.2 Å². The monoisotopic (exact) mass is 253 g/mol. The Morgan fingerprint density at radius 3 is 3.06 bits per heavy atom. The number of carbonyl (C=O) groups is 1. The molecule has 7 nitrogen and oxygen atoms in total. The fourth-order valence-electron chi connectivity index (χ4n) is 1.29. The van der Waals surface area contributed by atoms with Crippen molar-refractivity contribution in [1.29, 1.82) is 0 Å². The lowest BCUT2D eigenvalue weighted by molar-refractivity contribution is -0.120. The molecule has 1 amide bonds. The highest BCUT2D eigenvalue weighted by Gasteiger charge is 2.04. The van der Waals surface area contributed by atoms with Gasteiger partial charge in [-0.15, -0.1) is 11.3 Å². The molecule has 0 saturated heterocycles. The number of aromatic nitrogens is 4. The standard InChI is InChI=1S/C9H11N5O2S/c15-8(3-6-4-10-5-17-6)11-2-1-7-12-9(16)14-13-7/h4-5H,1-3H2,(H,11,15)(H2,12,13,14,16). The van der Waals surface area contributed by atoms with E-state index in [1.807, 2.05) is 0 Å². The van der Waals surface area contributed by atoms with Gasteiger partial charge in [0.15, 0.2) is 0 Å². The van der Waals surface area contributed by atoms with Crippen LogP contribution in [-0.2, 0) is 17.6 Å². The molecule has 2 aromatic rings. The number of H-pyrrole nitrogens is 2. The van der Waals surface area contributed by atoms with E-state index in [1.165, 1.54) is 11.3 Å². The van der Waals surface area contributed by atoms with Crippen molar-refractivity contribution < 1.29 is 4.79 Å². The number of hydrogen-bond donors (Lipinski definition) is 3. The molecular weight excluding hydrogens is 242 g/mol. The van der Waals surface area contributed by atoms with Gasteiger partial charge in [0.05, 0.1) is 11.9 Å². The zero-order chi connectivity index (χ0) is 12.1. The third-order valence-corrected chi connectivity index (χ3v) is 2.83. The first-order chi connectivity index (χ1) is 8.24. The highest BCUT2D eigenvalue weighted by molar-refractivity contribution is 7.09. The highest BCUT2D eigenvalue weighted by Crippen LogP contribution is 2.05. The molecule has 0 atom stereocenters. The fourth-order valence-corrected chi connectivity index (χ4v) is 1.89. The summed E-state index contributed by atoms with van der Waals surface area (Å²) in [5.74, 6) is 0.472. The van der Waals surface area contributed by atoms with Crippen molar-refractivity contribution in [3.8, 4) is 0 Å². The number of aromatic amines is 2. The van der Waals surface area contributed by atoms with Gasteiger partial charge >= 0.3 is 5.69 Å². The number of hydrogen-bond acceptors (Lipinski definition) is 5. The van der Waals surface area contributed by atoms with E-state index in [2.05, 4.69) is 25.5 Å². The zero-order valence-electron chi connectivity index (χ0n) is 8.90. The van der Waals surface area contributed by atoms with E-state index >= 15 is 0 Å². The topological polar surface area (TPSA) is 104 Å². The van der Waals surface area contributed by atoms with Crippen molar-refractivity contribution in [2.24, 2.45) is 0 Å². The maximum atomic E-state index is 11.5. The van der Waals surface area contributed by atoms with Gasteiger partial charge in [-0.3, -0.25) is 14.8 Å². The number of thiazole rings is 1. The van der Waals surface area contributed by atoms with Gasteiger partial charge in [-0.25, -0.2) is 9.89 Å². The number of carbonyl (C=O) groups excluding carboxylic acids is 1. The minimum absolute atomic E-state index is 0.0628. The Kier molecular flexibility index (Phi) is 3.66. The summed E-state index contributed by atoms with van der Waals surface area (Å²) in [7, 11) is 0. The van der Waals surface area contributed by atoms with Gasteiger partial charge in [-0.2, -0.15) is 5.10 Å².